The molecule has 2 amide bonds. The number of rotatable bonds is 4. The lowest BCUT2D eigenvalue weighted by atomic mass is 10.0. The number of hydrogen-bond donors (Lipinski definition) is 2. The van der Waals surface area contributed by atoms with Crippen molar-refractivity contribution in [2.45, 2.75) is 18.3 Å². The Morgan fingerprint density at radius 3 is 2.74 bits per heavy atom. The minimum atomic E-state index is -4.65. The van der Waals surface area contributed by atoms with Gasteiger partial charge in [-0.25, -0.2) is 14.2 Å². The molecule has 0 saturated carbocycles. The van der Waals surface area contributed by atoms with Gasteiger partial charge in [-0.1, -0.05) is 17.7 Å². The number of halogens is 5. The summed E-state index contributed by atoms with van der Waals surface area (Å²) in [6, 6.07) is 2.30. The molecular formula is C15H10ClF4N3O3S. The molecule has 1 saturated heterocycles. The van der Waals surface area contributed by atoms with Gasteiger partial charge >= 0.3 is 12.3 Å². The number of ether oxygens (including phenoxy) is 1. The van der Waals surface area contributed by atoms with Crippen molar-refractivity contribution in [2.24, 2.45) is 0 Å². The molecule has 12 heteroatoms. The number of alkyl halides is 3. The van der Waals surface area contributed by atoms with Crippen molar-refractivity contribution in [3.8, 4) is 0 Å². The fourth-order valence-corrected chi connectivity index (χ4v) is 3.24. The summed E-state index contributed by atoms with van der Waals surface area (Å²) in [5.74, 6) is -1.48. The van der Waals surface area contributed by atoms with Crippen LogP contribution in [-0.4, -0.2) is 29.6 Å². The van der Waals surface area contributed by atoms with Crippen molar-refractivity contribution < 1.29 is 31.9 Å². The van der Waals surface area contributed by atoms with Crippen molar-refractivity contribution in [1.82, 2.24) is 15.6 Å². The SMILES string of the molecule is O=C1NCC(C(=O)N[C@@H](c2ccc(F)c(Cl)c2)c2csc(C(F)(F)F)n2)O1. The van der Waals surface area contributed by atoms with Crippen molar-refractivity contribution in [1.29, 1.82) is 0 Å². The lowest BCUT2D eigenvalue weighted by molar-refractivity contribution is -0.137. The van der Waals surface area contributed by atoms with E-state index in [2.05, 4.69) is 15.6 Å². The molecule has 2 heterocycles. The highest BCUT2D eigenvalue weighted by Crippen LogP contribution is 2.34. The summed E-state index contributed by atoms with van der Waals surface area (Å²) in [5, 5.41) is 4.51. The lowest BCUT2D eigenvalue weighted by Gasteiger charge is -2.19. The molecule has 2 N–H and O–H groups in total. The van der Waals surface area contributed by atoms with Gasteiger partial charge in [-0.2, -0.15) is 13.2 Å². The second-order valence-corrected chi connectivity index (χ2v) is 6.73. The van der Waals surface area contributed by atoms with Crippen LogP contribution in [-0.2, 0) is 15.7 Å². The number of carbonyl (C=O) groups is 2. The zero-order valence-corrected chi connectivity index (χ0v) is 14.7. The third-order valence-corrected chi connectivity index (χ3v) is 4.79. The van der Waals surface area contributed by atoms with Crippen molar-refractivity contribution in [2.75, 3.05) is 6.54 Å². The number of alkyl carbamates (subject to hydrolysis) is 1. The van der Waals surface area contributed by atoms with Crippen molar-refractivity contribution >= 4 is 34.9 Å². The van der Waals surface area contributed by atoms with E-state index in [-0.39, 0.29) is 22.8 Å². The molecule has 2 atom stereocenters. The third-order valence-electron chi connectivity index (χ3n) is 3.60. The summed E-state index contributed by atoms with van der Waals surface area (Å²) >= 11 is 6.10. The number of aromatic nitrogens is 1. The normalized spacial score (nSPS) is 18.0. The van der Waals surface area contributed by atoms with E-state index in [1.165, 1.54) is 12.1 Å². The maximum atomic E-state index is 13.4. The first-order chi connectivity index (χ1) is 12.6. The lowest BCUT2D eigenvalue weighted by Crippen LogP contribution is -2.39. The number of nitrogens with one attached hydrogen (secondary N) is 2. The summed E-state index contributed by atoms with van der Waals surface area (Å²) in [4.78, 5) is 26.9. The highest BCUT2D eigenvalue weighted by atomic mass is 35.5. The molecule has 1 aliphatic heterocycles. The number of carbonyl (C=O) groups excluding carboxylic acids is 2. The van der Waals surface area contributed by atoms with Crippen LogP contribution in [0.5, 0.6) is 0 Å². The monoisotopic (exact) mass is 423 g/mol. The van der Waals surface area contributed by atoms with E-state index in [4.69, 9.17) is 16.3 Å². The Kier molecular flexibility index (Phi) is 5.24. The fourth-order valence-electron chi connectivity index (χ4n) is 2.34. The Hall–Kier alpha value is -2.40. The summed E-state index contributed by atoms with van der Waals surface area (Å²) < 4.78 is 56.8. The summed E-state index contributed by atoms with van der Waals surface area (Å²) in [6.07, 6.45) is -6.59. The molecule has 1 aliphatic rings. The Morgan fingerprint density at radius 1 is 1.44 bits per heavy atom. The molecule has 1 fully saturated rings. The number of nitrogens with zero attached hydrogens (tertiary/aromatic N) is 1. The number of amides is 2. The van der Waals surface area contributed by atoms with Crippen LogP contribution in [0, 0.1) is 5.82 Å². The highest BCUT2D eigenvalue weighted by molar-refractivity contribution is 7.09. The Balaban J connectivity index is 1.93. The van der Waals surface area contributed by atoms with E-state index in [1.807, 2.05) is 0 Å². The third kappa shape index (κ3) is 4.30. The average Bonchev–Trinajstić information content (AvgIpc) is 3.24. The zero-order valence-electron chi connectivity index (χ0n) is 13.1. The van der Waals surface area contributed by atoms with Gasteiger partial charge in [0.2, 0.25) is 0 Å². The minimum Gasteiger partial charge on any atom is -0.434 e. The fraction of sp³-hybridized carbons (Fsp3) is 0.267. The van der Waals surface area contributed by atoms with Crippen LogP contribution in [0.25, 0.3) is 0 Å². The standard InChI is InChI=1S/C15H10ClF4N3O3S/c16-7-3-6(1-2-8(7)17)11(9-5-27-13(22-9)15(18,19)20)23-12(24)10-4-21-14(25)26-10/h1-3,5,10-11H,4H2,(H,21,25)(H,23,24)/t10?,11-/m0/s1. The Labute approximate surface area is 158 Å². The molecule has 0 bridgehead atoms. The predicted octanol–water partition coefficient (Wildman–Crippen LogP) is 3.27. The Bertz CT molecular complexity index is 889. The molecule has 0 aliphatic carbocycles. The van der Waals surface area contributed by atoms with Crippen LogP contribution in [0.15, 0.2) is 23.6 Å². The van der Waals surface area contributed by atoms with Gasteiger partial charge in [0.15, 0.2) is 11.1 Å². The zero-order chi connectivity index (χ0) is 19.8. The summed E-state index contributed by atoms with van der Waals surface area (Å²) in [7, 11) is 0. The summed E-state index contributed by atoms with van der Waals surface area (Å²) in [6.45, 7) is -0.0908. The molecule has 144 valence electrons. The van der Waals surface area contributed by atoms with E-state index >= 15 is 0 Å². The average molecular weight is 424 g/mol. The van der Waals surface area contributed by atoms with E-state index < -0.39 is 41.1 Å². The van der Waals surface area contributed by atoms with Crippen LogP contribution in [0.2, 0.25) is 5.02 Å². The number of cyclic esters (lactones) is 1. The Morgan fingerprint density at radius 2 is 2.19 bits per heavy atom. The van der Waals surface area contributed by atoms with Crippen molar-refractivity contribution in [3.05, 3.63) is 50.7 Å². The first kappa shape index (κ1) is 19.4. The maximum Gasteiger partial charge on any atom is 0.443 e. The predicted molar refractivity (Wildman–Crippen MR) is 86.8 cm³/mol. The van der Waals surface area contributed by atoms with E-state index in [1.54, 1.807) is 0 Å². The van der Waals surface area contributed by atoms with Crippen LogP contribution >= 0.6 is 22.9 Å². The van der Waals surface area contributed by atoms with Crippen LogP contribution in [0.1, 0.15) is 22.3 Å². The van der Waals surface area contributed by atoms with E-state index in [0.717, 1.165) is 11.4 Å². The van der Waals surface area contributed by atoms with Gasteiger partial charge in [-0.3, -0.25) is 4.79 Å². The minimum absolute atomic E-state index is 0.0908. The molecule has 1 aromatic heterocycles. The number of thiazole rings is 1. The number of benzene rings is 1. The van der Waals surface area contributed by atoms with E-state index in [0.29, 0.717) is 11.3 Å². The van der Waals surface area contributed by atoms with Crippen LogP contribution < -0.4 is 10.6 Å². The van der Waals surface area contributed by atoms with Gasteiger partial charge in [-0.15, -0.1) is 11.3 Å². The van der Waals surface area contributed by atoms with Gasteiger partial charge in [0.25, 0.3) is 5.91 Å². The smallest absolute Gasteiger partial charge is 0.434 e. The maximum absolute atomic E-state index is 13.4. The molecule has 6 nitrogen and oxygen atoms in total. The number of hydrogen-bond acceptors (Lipinski definition) is 5. The van der Waals surface area contributed by atoms with Crippen LogP contribution in [0.4, 0.5) is 22.4 Å². The van der Waals surface area contributed by atoms with Gasteiger partial charge < -0.3 is 15.4 Å². The summed E-state index contributed by atoms with van der Waals surface area (Å²) in [5.41, 5.74) is 0.103. The van der Waals surface area contributed by atoms with Crippen molar-refractivity contribution in [3.63, 3.8) is 0 Å². The van der Waals surface area contributed by atoms with E-state index in [9.17, 15) is 27.2 Å². The first-order valence-electron chi connectivity index (χ1n) is 7.37. The second kappa shape index (κ2) is 7.31. The molecule has 27 heavy (non-hydrogen) atoms. The second-order valence-electron chi connectivity index (χ2n) is 5.47. The molecule has 0 spiro atoms. The molecule has 2 aromatic rings. The largest absolute Gasteiger partial charge is 0.443 e. The molecule has 1 aromatic carbocycles. The quantitative estimate of drug-likeness (QED) is 0.740. The molecule has 3 rings (SSSR count). The van der Waals surface area contributed by atoms with Gasteiger partial charge in [0.1, 0.15) is 5.82 Å². The molecular weight excluding hydrogens is 414 g/mol. The highest BCUT2D eigenvalue weighted by Gasteiger charge is 2.37. The topological polar surface area (TPSA) is 80.3 Å². The van der Waals surface area contributed by atoms with Gasteiger partial charge in [0.05, 0.1) is 23.3 Å². The molecule has 0 radical (unpaired) electrons. The molecule has 1 unspecified atom stereocenters. The van der Waals surface area contributed by atoms with Gasteiger partial charge in [-0.05, 0) is 17.7 Å². The first-order valence-corrected chi connectivity index (χ1v) is 8.63. The van der Waals surface area contributed by atoms with Crippen LogP contribution in [0.3, 0.4) is 0 Å². The van der Waals surface area contributed by atoms with Gasteiger partial charge in [0, 0.05) is 5.38 Å².